The second kappa shape index (κ2) is 2.69. The monoisotopic (exact) mass is 149 g/mol. The molecule has 4 nitrogen and oxygen atoms in total. The Morgan fingerprint density at radius 1 is 1.64 bits per heavy atom. The molecule has 1 fully saturated rings. The molecule has 0 saturated carbocycles. The molecule has 1 aliphatic heterocycles. The number of hydrogen-bond acceptors (Lipinski definition) is 4. The summed E-state index contributed by atoms with van der Waals surface area (Å²) in [5.41, 5.74) is -1.10. The molecular weight excluding hydrogens is 142 g/mol. The van der Waals surface area contributed by atoms with Crippen LogP contribution in [0.5, 0.6) is 0 Å². The van der Waals surface area contributed by atoms with Gasteiger partial charge >= 0.3 is 0 Å². The van der Waals surface area contributed by atoms with Crippen molar-refractivity contribution in [3.8, 4) is 12.1 Å². The van der Waals surface area contributed by atoms with E-state index in [1.165, 1.54) is 0 Å². The van der Waals surface area contributed by atoms with Crippen LogP contribution in [0.3, 0.4) is 0 Å². The third kappa shape index (κ3) is 1.21. The first kappa shape index (κ1) is 7.71. The maximum Gasteiger partial charge on any atom is 0.163 e. The number of aldehydes is 1. The minimum absolute atomic E-state index is 0.208. The Bertz CT molecular complexity index is 249. The highest BCUT2D eigenvalue weighted by Crippen LogP contribution is 2.20. The molecule has 0 aliphatic carbocycles. The Kier molecular flexibility index (Phi) is 1.89. The van der Waals surface area contributed by atoms with Gasteiger partial charge in [-0.1, -0.05) is 0 Å². The normalized spacial score (nSPS) is 35.6. The highest BCUT2D eigenvalue weighted by molar-refractivity contribution is 5.70. The summed E-state index contributed by atoms with van der Waals surface area (Å²) in [6, 6.07) is 3.88. The second-order valence-electron chi connectivity index (χ2n) is 2.61. The van der Waals surface area contributed by atoms with Crippen molar-refractivity contribution in [1.29, 1.82) is 10.5 Å². The second-order valence-corrected chi connectivity index (χ2v) is 2.61. The molecule has 1 rings (SSSR count). The van der Waals surface area contributed by atoms with Gasteiger partial charge in [0, 0.05) is 13.0 Å². The summed E-state index contributed by atoms with van der Waals surface area (Å²) < 4.78 is 0. The summed E-state index contributed by atoms with van der Waals surface area (Å²) >= 11 is 0. The molecule has 0 bridgehead atoms. The van der Waals surface area contributed by atoms with Gasteiger partial charge in [-0.15, -0.1) is 0 Å². The van der Waals surface area contributed by atoms with Crippen LogP contribution in [0.2, 0.25) is 0 Å². The summed E-state index contributed by atoms with van der Waals surface area (Å²) in [6.07, 6.45) is 0.883. The van der Waals surface area contributed by atoms with Gasteiger partial charge in [0.2, 0.25) is 0 Å². The third-order valence-corrected chi connectivity index (χ3v) is 1.82. The van der Waals surface area contributed by atoms with Gasteiger partial charge in [-0.25, -0.2) is 0 Å². The summed E-state index contributed by atoms with van der Waals surface area (Å²) in [5, 5.41) is 19.8. The van der Waals surface area contributed by atoms with Crippen LogP contribution in [-0.2, 0) is 4.79 Å². The highest BCUT2D eigenvalue weighted by atomic mass is 16.1. The van der Waals surface area contributed by atoms with Gasteiger partial charge in [0.05, 0.1) is 18.1 Å². The molecule has 0 aromatic carbocycles. The Hall–Kier alpha value is -1.39. The predicted molar refractivity (Wildman–Crippen MR) is 36.1 cm³/mol. The number of hydrogen-bond donors (Lipinski definition) is 1. The van der Waals surface area contributed by atoms with Crippen molar-refractivity contribution in [3.63, 3.8) is 0 Å². The van der Waals surface area contributed by atoms with E-state index in [0.717, 1.165) is 0 Å². The molecule has 0 radical (unpaired) electrons. The maximum atomic E-state index is 10.4. The van der Waals surface area contributed by atoms with Gasteiger partial charge in [-0.3, -0.25) is 5.32 Å². The average Bonchev–Trinajstić information content (AvgIpc) is 2.49. The zero-order valence-corrected chi connectivity index (χ0v) is 5.87. The van der Waals surface area contributed by atoms with Gasteiger partial charge in [-0.2, -0.15) is 10.5 Å². The smallest absolute Gasteiger partial charge is 0.163 e. The lowest BCUT2D eigenvalue weighted by Gasteiger charge is -2.09. The number of nitrogens with one attached hydrogen (secondary N) is 1. The van der Waals surface area contributed by atoms with E-state index in [1.54, 1.807) is 0 Å². The molecule has 4 heteroatoms. The lowest BCUT2D eigenvalue weighted by Crippen LogP contribution is -2.39. The Labute approximate surface area is 64.4 Å². The molecule has 1 heterocycles. The fraction of sp³-hybridized carbons (Fsp3) is 0.571. The zero-order chi connectivity index (χ0) is 8.32. The van der Waals surface area contributed by atoms with Crippen LogP contribution in [0.4, 0.5) is 0 Å². The topological polar surface area (TPSA) is 76.7 Å². The molecule has 2 unspecified atom stereocenters. The van der Waals surface area contributed by atoms with E-state index < -0.39 is 5.54 Å². The molecule has 11 heavy (non-hydrogen) atoms. The van der Waals surface area contributed by atoms with E-state index in [2.05, 4.69) is 5.32 Å². The third-order valence-electron chi connectivity index (χ3n) is 1.82. The van der Waals surface area contributed by atoms with Gasteiger partial charge in [0.25, 0.3) is 0 Å². The van der Waals surface area contributed by atoms with Crippen molar-refractivity contribution in [1.82, 2.24) is 5.32 Å². The maximum absolute atomic E-state index is 10.4. The van der Waals surface area contributed by atoms with Crippen molar-refractivity contribution < 1.29 is 4.79 Å². The molecule has 0 aromatic heterocycles. The Morgan fingerprint density at radius 3 is 2.64 bits per heavy atom. The standard InChI is InChI=1S/C7H7N3O/c8-2-6-1-7(4-9,5-11)10-3-6/h5-6,10H,1,3H2. The molecule has 1 aliphatic rings. The van der Waals surface area contributed by atoms with Gasteiger partial charge in [0.1, 0.15) is 0 Å². The van der Waals surface area contributed by atoms with Crippen LogP contribution in [0.25, 0.3) is 0 Å². The summed E-state index contributed by atoms with van der Waals surface area (Å²) in [5.74, 6) is -0.208. The van der Waals surface area contributed by atoms with Gasteiger partial charge in [0.15, 0.2) is 11.8 Å². The van der Waals surface area contributed by atoms with Gasteiger partial charge < -0.3 is 4.79 Å². The van der Waals surface area contributed by atoms with Crippen LogP contribution >= 0.6 is 0 Å². The number of carbonyl (C=O) groups excluding carboxylic acids is 1. The summed E-state index contributed by atoms with van der Waals surface area (Å²) in [7, 11) is 0. The lowest BCUT2D eigenvalue weighted by molar-refractivity contribution is -0.111. The number of rotatable bonds is 1. The summed E-state index contributed by atoms with van der Waals surface area (Å²) in [4.78, 5) is 10.4. The van der Waals surface area contributed by atoms with Crippen LogP contribution in [0.15, 0.2) is 0 Å². The number of nitrogens with zero attached hydrogens (tertiary/aromatic N) is 2. The van der Waals surface area contributed by atoms with Crippen molar-refractivity contribution in [2.75, 3.05) is 6.54 Å². The Balaban J connectivity index is 2.74. The first-order chi connectivity index (χ1) is 5.26. The zero-order valence-electron chi connectivity index (χ0n) is 5.87. The fourth-order valence-electron chi connectivity index (χ4n) is 1.13. The molecule has 1 N–H and O–H groups in total. The van der Waals surface area contributed by atoms with Gasteiger partial charge in [-0.05, 0) is 0 Å². The highest BCUT2D eigenvalue weighted by Gasteiger charge is 2.38. The average molecular weight is 149 g/mol. The first-order valence-corrected chi connectivity index (χ1v) is 3.28. The van der Waals surface area contributed by atoms with E-state index in [9.17, 15) is 4.79 Å². The van der Waals surface area contributed by atoms with Crippen LogP contribution in [0.1, 0.15) is 6.42 Å². The van der Waals surface area contributed by atoms with Crippen molar-refractivity contribution in [3.05, 3.63) is 0 Å². The summed E-state index contributed by atoms with van der Waals surface area (Å²) in [6.45, 7) is 0.433. The van der Waals surface area contributed by atoms with E-state index in [0.29, 0.717) is 19.3 Å². The number of carbonyl (C=O) groups is 1. The quantitative estimate of drug-likeness (QED) is 0.514. The number of nitriles is 2. The first-order valence-electron chi connectivity index (χ1n) is 3.28. The molecule has 2 atom stereocenters. The fourth-order valence-corrected chi connectivity index (χ4v) is 1.13. The van der Waals surface area contributed by atoms with Crippen LogP contribution < -0.4 is 5.32 Å². The largest absolute Gasteiger partial charge is 0.300 e. The van der Waals surface area contributed by atoms with E-state index in [-0.39, 0.29) is 5.92 Å². The minimum Gasteiger partial charge on any atom is -0.300 e. The van der Waals surface area contributed by atoms with Crippen molar-refractivity contribution in [2.24, 2.45) is 5.92 Å². The van der Waals surface area contributed by atoms with E-state index >= 15 is 0 Å². The Morgan fingerprint density at radius 2 is 2.36 bits per heavy atom. The van der Waals surface area contributed by atoms with Crippen LogP contribution in [0, 0.1) is 28.6 Å². The molecule has 56 valence electrons. The van der Waals surface area contributed by atoms with E-state index in [1.807, 2.05) is 12.1 Å². The SMILES string of the molecule is N#CC1CNC(C#N)(C=O)C1. The predicted octanol–water partition coefficient (Wildman–Crippen LogP) is -0.419. The van der Waals surface area contributed by atoms with Crippen molar-refractivity contribution in [2.45, 2.75) is 12.0 Å². The molecular formula is C7H7N3O. The molecule has 1 saturated heterocycles. The molecule has 0 amide bonds. The lowest BCUT2D eigenvalue weighted by atomic mass is 9.97. The van der Waals surface area contributed by atoms with Crippen LogP contribution in [-0.4, -0.2) is 18.4 Å². The van der Waals surface area contributed by atoms with E-state index in [4.69, 9.17) is 10.5 Å². The minimum atomic E-state index is -1.10. The van der Waals surface area contributed by atoms with Crippen molar-refractivity contribution >= 4 is 6.29 Å². The molecule has 0 spiro atoms. The molecule has 0 aromatic rings.